The Balaban J connectivity index is 2.18. The number of hydrogen-bond donors (Lipinski definition) is 0. The molecular weight excluding hydrogens is 363 g/mol. The van der Waals surface area contributed by atoms with Crippen LogP contribution in [-0.2, 0) is 21.3 Å². The van der Waals surface area contributed by atoms with Gasteiger partial charge in [-0.1, -0.05) is 17.4 Å². The van der Waals surface area contributed by atoms with Crippen molar-refractivity contribution >= 4 is 31.6 Å². The van der Waals surface area contributed by atoms with Gasteiger partial charge in [-0.2, -0.15) is 8.42 Å². The first-order valence-electron chi connectivity index (χ1n) is 7.56. The van der Waals surface area contributed by atoms with Gasteiger partial charge in [0.05, 0.1) is 21.7 Å². The van der Waals surface area contributed by atoms with Crippen LogP contribution in [0, 0.1) is 12.7 Å². The van der Waals surface area contributed by atoms with Crippen LogP contribution in [0.3, 0.4) is 0 Å². The Bertz CT molecular complexity index is 1070. The zero-order valence-corrected chi connectivity index (χ0v) is 15.4. The Hall–Kier alpha value is -2.03. The molecule has 0 saturated carbocycles. The molecule has 0 amide bonds. The van der Waals surface area contributed by atoms with Crippen molar-refractivity contribution in [3.8, 4) is 0 Å². The van der Waals surface area contributed by atoms with E-state index in [-0.39, 0.29) is 4.90 Å². The largest absolute Gasteiger partial charge is 0.383 e. The maximum absolute atomic E-state index is 13.0. The molecule has 1 heterocycles. The number of aromatic nitrogens is 1. The first-order valence-corrected chi connectivity index (χ1v) is 9.82. The van der Waals surface area contributed by atoms with Crippen LogP contribution in [-0.4, -0.2) is 26.7 Å². The summed E-state index contributed by atoms with van der Waals surface area (Å²) in [5.41, 5.74) is 1.99. The van der Waals surface area contributed by atoms with Gasteiger partial charge < -0.3 is 9.30 Å². The van der Waals surface area contributed by atoms with Gasteiger partial charge in [0, 0.05) is 13.7 Å². The molecule has 0 saturated heterocycles. The van der Waals surface area contributed by atoms with Crippen molar-refractivity contribution in [1.29, 1.82) is 0 Å². The van der Waals surface area contributed by atoms with Gasteiger partial charge in [0.1, 0.15) is 5.82 Å². The fourth-order valence-electron chi connectivity index (χ4n) is 2.41. The number of methoxy groups -OCH3 is 1. The van der Waals surface area contributed by atoms with Crippen LogP contribution in [0.15, 0.2) is 51.8 Å². The third-order valence-electron chi connectivity index (χ3n) is 3.67. The van der Waals surface area contributed by atoms with Gasteiger partial charge in [-0.15, -0.1) is 4.40 Å². The predicted octanol–water partition coefficient (Wildman–Crippen LogP) is 3.09. The lowest BCUT2D eigenvalue weighted by Gasteiger charge is -2.04. The second-order valence-electron chi connectivity index (χ2n) is 5.52. The summed E-state index contributed by atoms with van der Waals surface area (Å²) in [7, 11) is -2.34. The molecule has 1 aromatic heterocycles. The standard InChI is InChI=1S/C17H17FN2O3S2/c1-12-3-8-15-16(11-12)24-17(20(15)9-10-23-2)19-25(21,22)14-6-4-13(18)5-7-14/h3-8,11H,9-10H2,1-2H3. The smallest absolute Gasteiger partial charge is 0.285 e. The monoisotopic (exact) mass is 380 g/mol. The Morgan fingerprint density at radius 1 is 1.20 bits per heavy atom. The molecule has 0 atom stereocenters. The van der Waals surface area contributed by atoms with E-state index in [0.717, 1.165) is 27.9 Å². The number of thiazole rings is 1. The second kappa shape index (κ2) is 7.07. The summed E-state index contributed by atoms with van der Waals surface area (Å²) in [6, 6.07) is 10.5. The summed E-state index contributed by atoms with van der Waals surface area (Å²) < 4.78 is 50.0. The lowest BCUT2D eigenvalue weighted by Crippen LogP contribution is -2.19. The number of halogens is 1. The first kappa shape index (κ1) is 17.8. The third kappa shape index (κ3) is 3.81. The van der Waals surface area contributed by atoms with Gasteiger partial charge in [0.15, 0.2) is 0 Å². The van der Waals surface area contributed by atoms with Crippen molar-refractivity contribution in [2.75, 3.05) is 13.7 Å². The van der Waals surface area contributed by atoms with Gasteiger partial charge in [-0.05, 0) is 48.9 Å². The fourth-order valence-corrected chi connectivity index (χ4v) is 4.77. The highest BCUT2D eigenvalue weighted by molar-refractivity contribution is 7.90. The van der Waals surface area contributed by atoms with Gasteiger partial charge in [-0.3, -0.25) is 0 Å². The summed E-state index contributed by atoms with van der Waals surface area (Å²) in [6.07, 6.45) is 0. The third-order valence-corrected chi connectivity index (χ3v) is 6.10. The molecule has 0 aliphatic heterocycles. The quantitative estimate of drug-likeness (QED) is 0.683. The van der Waals surface area contributed by atoms with E-state index in [1.54, 1.807) is 7.11 Å². The van der Waals surface area contributed by atoms with E-state index in [1.165, 1.54) is 23.5 Å². The average molecular weight is 380 g/mol. The number of fused-ring (bicyclic) bond motifs is 1. The second-order valence-corrected chi connectivity index (χ2v) is 8.13. The molecule has 0 fully saturated rings. The summed E-state index contributed by atoms with van der Waals surface area (Å²) in [6.45, 7) is 2.89. The topological polar surface area (TPSA) is 60.7 Å². The molecule has 0 unspecified atom stereocenters. The number of sulfonamides is 1. The maximum Gasteiger partial charge on any atom is 0.285 e. The molecule has 25 heavy (non-hydrogen) atoms. The van der Waals surface area contributed by atoms with Gasteiger partial charge in [0.2, 0.25) is 4.80 Å². The molecule has 0 aliphatic carbocycles. The average Bonchev–Trinajstić information content (AvgIpc) is 2.88. The first-order chi connectivity index (χ1) is 11.9. The summed E-state index contributed by atoms with van der Waals surface area (Å²) >= 11 is 1.30. The summed E-state index contributed by atoms with van der Waals surface area (Å²) in [4.78, 5) is 0.322. The van der Waals surface area contributed by atoms with Crippen LogP contribution < -0.4 is 4.80 Å². The van der Waals surface area contributed by atoms with E-state index in [2.05, 4.69) is 4.40 Å². The van der Waals surface area contributed by atoms with Crippen molar-refractivity contribution in [2.24, 2.45) is 4.40 Å². The van der Waals surface area contributed by atoms with Crippen LogP contribution >= 0.6 is 11.3 Å². The van der Waals surface area contributed by atoms with Crippen LogP contribution in [0.2, 0.25) is 0 Å². The Kier molecular flexibility index (Phi) is 5.03. The Morgan fingerprint density at radius 2 is 1.92 bits per heavy atom. The Morgan fingerprint density at radius 3 is 2.60 bits per heavy atom. The van der Waals surface area contributed by atoms with E-state index in [1.807, 2.05) is 29.7 Å². The van der Waals surface area contributed by atoms with Gasteiger partial charge in [0.25, 0.3) is 10.0 Å². The molecular formula is C17H17FN2O3S2. The highest BCUT2D eigenvalue weighted by Gasteiger charge is 2.15. The molecule has 3 aromatic rings. The van der Waals surface area contributed by atoms with Crippen molar-refractivity contribution in [3.05, 3.63) is 58.6 Å². The lowest BCUT2D eigenvalue weighted by molar-refractivity contribution is 0.187. The zero-order valence-electron chi connectivity index (χ0n) is 13.8. The van der Waals surface area contributed by atoms with Crippen LogP contribution in [0.5, 0.6) is 0 Å². The highest BCUT2D eigenvalue weighted by Crippen LogP contribution is 2.20. The zero-order chi connectivity index (χ0) is 18.0. The molecule has 132 valence electrons. The minimum absolute atomic E-state index is 0.0409. The van der Waals surface area contributed by atoms with Gasteiger partial charge in [-0.25, -0.2) is 4.39 Å². The highest BCUT2D eigenvalue weighted by atomic mass is 32.2. The van der Waals surface area contributed by atoms with Crippen molar-refractivity contribution in [3.63, 3.8) is 0 Å². The molecule has 2 aromatic carbocycles. The molecule has 0 radical (unpaired) electrons. The number of ether oxygens (including phenoxy) is 1. The van der Waals surface area contributed by atoms with Crippen LogP contribution in [0.25, 0.3) is 10.2 Å². The fraction of sp³-hybridized carbons (Fsp3) is 0.235. The van der Waals surface area contributed by atoms with Crippen LogP contribution in [0.1, 0.15) is 5.56 Å². The van der Waals surface area contributed by atoms with Crippen molar-refractivity contribution in [2.45, 2.75) is 18.4 Å². The molecule has 3 rings (SSSR count). The van der Waals surface area contributed by atoms with E-state index in [4.69, 9.17) is 4.74 Å². The van der Waals surface area contributed by atoms with Crippen molar-refractivity contribution < 1.29 is 17.5 Å². The lowest BCUT2D eigenvalue weighted by atomic mass is 10.2. The van der Waals surface area contributed by atoms with Crippen LogP contribution in [0.4, 0.5) is 4.39 Å². The predicted molar refractivity (Wildman–Crippen MR) is 95.6 cm³/mol. The van der Waals surface area contributed by atoms with E-state index >= 15 is 0 Å². The van der Waals surface area contributed by atoms with E-state index in [0.29, 0.717) is 18.0 Å². The molecule has 0 aliphatic rings. The molecule has 5 nitrogen and oxygen atoms in total. The molecule has 8 heteroatoms. The molecule has 0 N–H and O–H groups in total. The Labute approximate surface area is 149 Å². The maximum atomic E-state index is 13.0. The van der Waals surface area contributed by atoms with Crippen molar-refractivity contribution in [1.82, 2.24) is 4.57 Å². The number of nitrogens with zero attached hydrogens (tertiary/aromatic N) is 2. The molecule has 0 spiro atoms. The number of aryl methyl sites for hydroxylation is 1. The summed E-state index contributed by atoms with van der Waals surface area (Å²) in [5, 5.41) is 0. The number of benzene rings is 2. The van der Waals surface area contributed by atoms with E-state index in [9.17, 15) is 12.8 Å². The van der Waals surface area contributed by atoms with Gasteiger partial charge >= 0.3 is 0 Å². The summed E-state index contributed by atoms with van der Waals surface area (Å²) in [5.74, 6) is -0.494. The number of rotatable bonds is 5. The minimum Gasteiger partial charge on any atom is -0.383 e. The van der Waals surface area contributed by atoms with E-state index < -0.39 is 15.8 Å². The molecule has 0 bridgehead atoms. The SMILES string of the molecule is COCCn1c(=NS(=O)(=O)c2ccc(F)cc2)sc2cc(C)ccc21. The number of hydrogen-bond acceptors (Lipinski definition) is 4. The normalized spacial score (nSPS) is 12.8. The minimum atomic E-state index is -3.93.